The minimum atomic E-state index is 0.449. The highest BCUT2D eigenvalue weighted by Crippen LogP contribution is 2.32. The van der Waals surface area contributed by atoms with Crippen LogP contribution in [0.15, 0.2) is 40.9 Å². The Bertz CT molecular complexity index is 564. The second-order valence-corrected chi connectivity index (χ2v) is 6.58. The Kier molecular flexibility index (Phi) is 6.72. The number of hydrogen-bond donors (Lipinski definition) is 1. The van der Waals surface area contributed by atoms with Crippen molar-refractivity contribution in [3.05, 3.63) is 46.4 Å². The van der Waals surface area contributed by atoms with E-state index in [-0.39, 0.29) is 0 Å². The molecule has 1 nitrogen and oxygen atoms in total. The number of halogens is 1. The Morgan fingerprint density at radius 2 is 1.67 bits per heavy atom. The van der Waals surface area contributed by atoms with Gasteiger partial charge in [0.05, 0.1) is 0 Å². The standard InChI is InChI=1S/C19H26BrN/c1-3-4-5-6-7-12-19(21-2)17-13-14-18(20)16-11-9-8-10-15(16)17/h8-11,13-14,19,21H,3-7,12H2,1-2H3. The molecular weight excluding hydrogens is 322 g/mol. The van der Waals surface area contributed by atoms with E-state index in [1.807, 2.05) is 0 Å². The number of benzene rings is 2. The quantitative estimate of drug-likeness (QED) is 0.558. The number of hydrogen-bond acceptors (Lipinski definition) is 1. The average Bonchev–Trinajstić information content (AvgIpc) is 2.52. The molecule has 2 aromatic carbocycles. The molecule has 0 spiro atoms. The van der Waals surface area contributed by atoms with Crippen molar-refractivity contribution in [1.29, 1.82) is 0 Å². The van der Waals surface area contributed by atoms with Crippen molar-refractivity contribution >= 4 is 26.7 Å². The first kappa shape index (κ1) is 16.5. The molecular formula is C19H26BrN. The van der Waals surface area contributed by atoms with Crippen molar-refractivity contribution in [2.75, 3.05) is 7.05 Å². The molecule has 2 aromatic rings. The number of nitrogens with one attached hydrogen (secondary N) is 1. The van der Waals surface area contributed by atoms with E-state index < -0.39 is 0 Å². The molecule has 2 rings (SSSR count). The Balaban J connectivity index is 2.13. The largest absolute Gasteiger partial charge is 0.313 e. The van der Waals surface area contributed by atoms with Crippen LogP contribution in [0.3, 0.4) is 0 Å². The van der Waals surface area contributed by atoms with Gasteiger partial charge in [0, 0.05) is 10.5 Å². The fourth-order valence-corrected chi connectivity index (χ4v) is 3.47. The molecule has 0 saturated heterocycles. The maximum Gasteiger partial charge on any atom is 0.0323 e. The van der Waals surface area contributed by atoms with E-state index in [0.717, 1.165) is 0 Å². The molecule has 0 saturated carbocycles. The van der Waals surface area contributed by atoms with Gasteiger partial charge in [-0.15, -0.1) is 0 Å². The second-order valence-electron chi connectivity index (χ2n) is 5.73. The maximum atomic E-state index is 3.66. The van der Waals surface area contributed by atoms with Gasteiger partial charge >= 0.3 is 0 Å². The van der Waals surface area contributed by atoms with E-state index in [2.05, 4.69) is 71.6 Å². The van der Waals surface area contributed by atoms with Crippen LogP contribution in [0.1, 0.15) is 57.1 Å². The second kappa shape index (κ2) is 8.55. The Morgan fingerprint density at radius 3 is 2.38 bits per heavy atom. The van der Waals surface area contributed by atoms with Gasteiger partial charge in [-0.3, -0.25) is 0 Å². The summed E-state index contributed by atoms with van der Waals surface area (Å²) in [6.45, 7) is 2.27. The lowest BCUT2D eigenvalue weighted by Crippen LogP contribution is -2.16. The van der Waals surface area contributed by atoms with E-state index in [1.54, 1.807) is 0 Å². The highest BCUT2D eigenvalue weighted by Gasteiger charge is 2.13. The molecule has 0 heterocycles. The van der Waals surface area contributed by atoms with E-state index in [4.69, 9.17) is 0 Å². The number of unbranched alkanes of at least 4 members (excludes halogenated alkanes) is 4. The molecule has 0 amide bonds. The summed E-state index contributed by atoms with van der Waals surface area (Å²) in [6.07, 6.45) is 7.91. The number of rotatable bonds is 8. The predicted octanol–water partition coefficient (Wildman–Crippen LogP) is 6.22. The monoisotopic (exact) mass is 347 g/mol. The summed E-state index contributed by atoms with van der Waals surface area (Å²) < 4.78 is 1.18. The lowest BCUT2D eigenvalue weighted by Gasteiger charge is -2.19. The zero-order valence-corrected chi connectivity index (χ0v) is 14.7. The first-order valence-electron chi connectivity index (χ1n) is 8.12. The molecule has 114 valence electrons. The van der Waals surface area contributed by atoms with Gasteiger partial charge in [-0.2, -0.15) is 0 Å². The Hall–Kier alpha value is -0.860. The van der Waals surface area contributed by atoms with Gasteiger partial charge in [-0.05, 0) is 35.9 Å². The minimum absolute atomic E-state index is 0.449. The highest BCUT2D eigenvalue weighted by atomic mass is 79.9. The van der Waals surface area contributed by atoms with Crippen LogP contribution in [0.5, 0.6) is 0 Å². The molecule has 0 radical (unpaired) electrons. The van der Waals surface area contributed by atoms with Gasteiger partial charge < -0.3 is 5.32 Å². The zero-order chi connectivity index (χ0) is 15.1. The van der Waals surface area contributed by atoms with E-state index in [1.165, 1.54) is 59.3 Å². The van der Waals surface area contributed by atoms with E-state index in [9.17, 15) is 0 Å². The topological polar surface area (TPSA) is 12.0 Å². The van der Waals surface area contributed by atoms with Crippen molar-refractivity contribution in [2.24, 2.45) is 0 Å². The van der Waals surface area contributed by atoms with E-state index >= 15 is 0 Å². The van der Waals surface area contributed by atoms with Crippen LogP contribution in [0, 0.1) is 0 Å². The van der Waals surface area contributed by atoms with Gasteiger partial charge in [0.2, 0.25) is 0 Å². The van der Waals surface area contributed by atoms with Crippen LogP contribution in [0.4, 0.5) is 0 Å². The van der Waals surface area contributed by atoms with Crippen LogP contribution in [-0.2, 0) is 0 Å². The van der Waals surface area contributed by atoms with Crippen LogP contribution >= 0.6 is 15.9 Å². The summed E-state index contributed by atoms with van der Waals surface area (Å²) in [7, 11) is 2.08. The lowest BCUT2D eigenvalue weighted by molar-refractivity contribution is 0.503. The summed E-state index contributed by atoms with van der Waals surface area (Å²) in [5.41, 5.74) is 1.42. The molecule has 0 aliphatic carbocycles. The third-order valence-corrected chi connectivity index (χ3v) is 4.92. The lowest BCUT2D eigenvalue weighted by atomic mass is 9.95. The predicted molar refractivity (Wildman–Crippen MR) is 96.8 cm³/mol. The summed E-state index contributed by atoms with van der Waals surface area (Å²) >= 11 is 3.66. The van der Waals surface area contributed by atoms with E-state index in [0.29, 0.717) is 6.04 Å². The van der Waals surface area contributed by atoms with Crippen LogP contribution < -0.4 is 5.32 Å². The van der Waals surface area contributed by atoms with Gasteiger partial charge in [0.25, 0.3) is 0 Å². The third-order valence-electron chi connectivity index (χ3n) is 4.22. The summed E-state index contributed by atoms with van der Waals surface area (Å²) in [5, 5.41) is 6.17. The highest BCUT2D eigenvalue weighted by molar-refractivity contribution is 9.10. The minimum Gasteiger partial charge on any atom is -0.313 e. The fraction of sp³-hybridized carbons (Fsp3) is 0.474. The molecule has 21 heavy (non-hydrogen) atoms. The van der Waals surface area contributed by atoms with Crippen LogP contribution in [-0.4, -0.2) is 7.05 Å². The molecule has 0 aromatic heterocycles. The summed E-state index contributed by atoms with van der Waals surface area (Å²) in [4.78, 5) is 0. The molecule has 1 atom stereocenters. The van der Waals surface area contributed by atoms with Crippen molar-refractivity contribution in [1.82, 2.24) is 5.32 Å². The van der Waals surface area contributed by atoms with Crippen LogP contribution in [0.2, 0.25) is 0 Å². The Labute approximate surface area is 137 Å². The van der Waals surface area contributed by atoms with Gasteiger partial charge in [-0.1, -0.05) is 85.3 Å². The van der Waals surface area contributed by atoms with Crippen molar-refractivity contribution < 1.29 is 0 Å². The van der Waals surface area contributed by atoms with Crippen molar-refractivity contribution in [2.45, 2.75) is 51.5 Å². The van der Waals surface area contributed by atoms with Crippen molar-refractivity contribution in [3.8, 4) is 0 Å². The first-order chi connectivity index (χ1) is 10.3. The van der Waals surface area contributed by atoms with Crippen LogP contribution in [0.25, 0.3) is 10.8 Å². The zero-order valence-electron chi connectivity index (χ0n) is 13.2. The maximum absolute atomic E-state index is 3.66. The number of fused-ring (bicyclic) bond motifs is 1. The fourth-order valence-electron chi connectivity index (χ4n) is 3.00. The normalized spacial score (nSPS) is 12.7. The molecule has 0 aliphatic heterocycles. The molecule has 1 N–H and O–H groups in total. The Morgan fingerprint density at radius 1 is 0.952 bits per heavy atom. The molecule has 1 unspecified atom stereocenters. The summed E-state index contributed by atoms with van der Waals surface area (Å²) in [6, 6.07) is 13.6. The van der Waals surface area contributed by atoms with Gasteiger partial charge in [-0.25, -0.2) is 0 Å². The van der Waals surface area contributed by atoms with Crippen molar-refractivity contribution in [3.63, 3.8) is 0 Å². The van der Waals surface area contributed by atoms with Gasteiger partial charge in [0.15, 0.2) is 0 Å². The molecule has 2 heteroatoms. The molecule has 0 bridgehead atoms. The smallest absolute Gasteiger partial charge is 0.0323 e. The SMILES string of the molecule is CCCCCCCC(NC)c1ccc(Br)c2ccccc12. The van der Waals surface area contributed by atoms with Gasteiger partial charge in [0.1, 0.15) is 0 Å². The molecule has 0 aliphatic rings. The third kappa shape index (κ3) is 4.31. The molecule has 0 fully saturated rings. The summed E-state index contributed by atoms with van der Waals surface area (Å²) in [5.74, 6) is 0. The average molecular weight is 348 g/mol. The first-order valence-corrected chi connectivity index (χ1v) is 8.91.